The zero-order chi connectivity index (χ0) is 22.9. The molecule has 182 valence electrons. The summed E-state index contributed by atoms with van der Waals surface area (Å²) in [5.41, 5.74) is 1.10. The van der Waals surface area contributed by atoms with Gasteiger partial charge in [0.05, 0.1) is 20.3 Å². The molecule has 1 aromatic carbocycles. The highest BCUT2D eigenvalue weighted by molar-refractivity contribution is 5.40. The van der Waals surface area contributed by atoms with Gasteiger partial charge in [0, 0.05) is 6.04 Å². The Morgan fingerprint density at radius 1 is 0.938 bits per heavy atom. The smallest absolute Gasteiger partial charge is 0.122 e. The van der Waals surface area contributed by atoms with E-state index in [2.05, 4.69) is 18.0 Å². The molecule has 0 bridgehead atoms. The molecule has 0 spiro atoms. The Kier molecular flexibility index (Phi) is 10.2. The van der Waals surface area contributed by atoms with E-state index in [1.807, 2.05) is 19.1 Å². The van der Waals surface area contributed by atoms with Gasteiger partial charge < -0.3 is 19.5 Å². The van der Waals surface area contributed by atoms with E-state index in [0.29, 0.717) is 0 Å². The van der Waals surface area contributed by atoms with Crippen molar-refractivity contribution in [3.63, 3.8) is 0 Å². The number of aliphatic hydroxyl groups excluding tert-OH is 1. The fourth-order valence-corrected chi connectivity index (χ4v) is 6.46. The number of nitrogens with zero attached hydrogens (tertiary/aromatic N) is 1. The molecule has 2 atom stereocenters. The molecule has 2 fully saturated rings. The second kappa shape index (κ2) is 12.8. The molecule has 1 N–H and O–H groups in total. The van der Waals surface area contributed by atoms with E-state index in [1.54, 1.807) is 14.2 Å². The maximum atomic E-state index is 10.7. The van der Waals surface area contributed by atoms with Crippen LogP contribution in [0.1, 0.15) is 83.1 Å². The molecule has 2 aliphatic carbocycles. The molecule has 4 heteroatoms. The van der Waals surface area contributed by atoms with Crippen LogP contribution in [0.15, 0.2) is 18.2 Å². The third kappa shape index (κ3) is 6.87. The first-order valence-electron chi connectivity index (χ1n) is 13.1. The second-order valence-electron chi connectivity index (χ2n) is 10.4. The van der Waals surface area contributed by atoms with Crippen molar-refractivity contribution in [2.24, 2.45) is 17.8 Å². The number of hydrogen-bond donors (Lipinski definition) is 1. The molecule has 0 aliphatic heterocycles. The summed E-state index contributed by atoms with van der Waals surface area (Å²) in [6.45, 7) is 2.98. The molecular formula is C28H47NO3. The van der Waals surface area contributed by atoms with Gasteiger partial charge in [-0.25, -0.2) is 0 Å². The van der Waals surface area contributed by atoms with E-state index >= 15 is 0 Å². The van der Waals surface area contributed by atoms with Crippen molar-refractivity contribution in [2.75, 3.05) is 27.8 Å². The molecule has 2 aliphatic rings. The summed E-state index contributed by atoms with van der Waals surface area (Å²) in [6.07, 6.45) is 15.9. The monoisotopic (exact) mass is 445 g/mol. The van der Waals surface area contributed by atoms with E-state index in [1.165, 1.54) is 70.6 Å². The molecule has 0 saturated heterocycles. The van der Waals surface area contributed by atoms with E-state index < -0.39 is 6.10 Å². The Morgan fingerprint density at radius 2 is 1.53 bits per heavy atom. The summed E-state index contributed by atoms with van der Waals surface area (Å²) in [6, 6.07) is 6.02. The number of methoxy groups -OCH3 is 2. The highest BCUT2D eigenvalue weighted by Gasteiger charge is 2.32. The van der Waals surface area contributed by atoms with Crippen LogP contribution in [0.25, 0.3) is 0 Å². The first-order chi connectivity index (χ1) is 15.5. The minimum atomic E-state index is -0.404. The Bertz CT molecular complexity index is 647. The predicted octanol–water partition coefficient (Wildman–Crippen LogP) is 6.09. The number of aliphatic hydroxyl groups is 1. The van der Waals surface area contributed by atoms with Crippen LogP contribution in [-0.2, 0) is 6.42 Å². The first-order valence-corrected chi connectivity index (χ1v) is 13.1. The summed E-state index contributed by atoms with van der Waals surface area (Å²) in [4.78, 5) is 2.40. The van der Waals surface area contributed by atoms with Gasteiger partial charge >= 0.3 is 0 Å². The average molecular weight is 446 g/mol. The van der Waals surface area contributed by atoms with Crippen molar-refractivity contribution in [1.82, 2.24) is 4.90 Å². The molecule has 4 nitrogen and oxygen atoms in total. The molecule has 2 unspecified atom stereocenters. The van der Waals surface area contributed by atoms with Gasteiger partial charge in [-0.05, 0) is 74.9 Å². The maximum absolute atomic E-state index is 10.7. The Labute approximate surface area is 196 Å². The van der Waals surface area contributed by atoms with E-state index in [-0.39, 0.29) is 6.04 Å². The molecule has 1 aromatic rings. The van der Waals surface area contributed by atoms with Crippen molar-refractivity contribution in [1.29, 1.82) is 0 Å². The van der Waals surface area contributed by atoms with Gasteiger partial charge in [-0.1, -0.05) is 64.2 Å². The lowest BCUT2D eigenvalue weighted by Gasteiger charge is -2.40. The van der Waals surface area contributed by atoms with Gasteiger partial charge in [-0.2, -0.15) is 0 Å². The third-order valence-electron chi connectivity index (χ3n) is 8.37. The van der Waals surface area contributed by atoms with Crippen LogP contribution in [0.4, 0.5) is 0 Å². The standard InChI is InChI=1S/C28H47NO3/c1-21(30)27(20-24-19-25(31-3)15-16-28(24)32-4)29(2)18-17-26(22-11-7-5-8-12-22)23-13-9-6-10-14-23/h15-16,19,21-23,26-27,30H,5-14,17-18,20H2,1-4H3. The minimum absolute atomic E-state index is 0.0642. The Morgan fingerprint density at radius 3 is 2.03 bits per heavy atom. The van der Waals surface area contributed by atoms with Gasteiger partial charge in [-0.15, -0.1) is 0 Å². The molecule has 32 heavy (non-hydrogen) atoms. The number of benzene rings is 1. The molecule has 0 radical (unpaired) electrons. The second-order valence-corrected chi connectivity index (χ2v) is 10.4. The summed E-state index contributed by atoms with van der Waals surface area (Å²) in [7, 11) is 5.61. The van der Waals surface area contributed by atoms with Crippen molar-refractivity contribution in [3.05, 3.63) is 23.8 Å². The highest BCUT2D eigenvalue weighted by atomic mass is 16.5. The first kappa shape index (κ1) is 25.4. The normalized spacial score (nSPS) is 20.5. The van der Waals surface area contributed by atoms with Crippen LogP contribution < -0.4 is 9.47 Å². The lowest BCUT2D eigenvalue weighted by atomic mass is 9.68. The molecular weight excluding hydrogens is 398 g/mol. The molecule has 0 amide bonds. The van der Waals surface area contributed by atoms with Gasteiger partial charge in [0.1, 0.15) is 11.5 Å². The van der Waals surface area contributed by atoms with Crippen molar-refractivity contribution in [2.45, 2.75) is 96.1 Å². The van der Waals surface area contributed by atoms with Gasteiger partial charge in [0.15, 0.2) is 0 Å². The number of likely N-dealkylation sites (N-methyl/N-ethyl adjacent to an activating group) is 1. The van der Waals surface area contributed by atoms with Crippen molar-refractivity contribution < 1.29 is 14.6 Å². The van der Waals surface area contributed by atoms with Crippen LogP contribution in [0.5, 0.6) is 11.5 Å². The largest absolute Gasteiger partial charge is 0.497 e. The Balaban J connectivity index is 1.68. The molecule has 3 rings (SSSR count). The SMILES string of the molecule is COc1ccc(OC)c(CC(C(C)O)N(C)CCC(C2CCCCC2)C2CCCCC2)c1. The van der Waals surface area contributed by atoms with Crippen LogP contribution >= 0.6 is 0 Å². The van der Waals surface area contributed by atoms with E-state index in [9.17, 15) is 5.11 Å². The van der Waals surface area contributed by atoms with Crippen molar-refractivity contribution in [3.8, 4) is 11.5 Å². The van der Waals surface area contributed by atoms with Crippen LogP contribution in [0, 0.1) is 17.8 Å². The zero-order valence-corrected chi connectivity index (χ0v) is 21.0. The van der Waals surface area contributed by atoms with Crippen LogP contribution in [0.2, 0.25) is 0 Å². The third-order valence-corrected chi connectivity index (χ3v) is 8.37. The number of hydrogen-bond acceptors (Lipinski definition) is 4. The van der Waals surface area contributed by atoms with Gasteiger partial charge in [0.2, 0.25) is 0 Å². The summed E-state index contributed by atoms with van der Waals surface area (Å²) in [5.74, 6) is 4.40. The Hall–Kier alpha value is -1.26. The molecule has 0 aromatic heterocycles. The predicted molar refractivity (Wildman–Crippen MR) is 133 cm³/mol. The lowest BCUT2D eigenvalue weighted by molar-refractivity contribution is 0.0604. The highest BCUT2D eigenvalue weighted by Crippen LogP contribution is 2.41. The number of ether oxygens (including phenoxy) is 2. The van der Waals surface area contributed by atoms with Crippen LogP contribution in [0.3, 0.4) is 0 Å². The summed E-state index contributed by atoms with van der Waals surface area (Å²) < 4.78 is 11.0. The fraction of sp³-hybridized carbons (Fsp3) is 0.786. The van der Waals surface area contributed by atoms with Crippen LogP contribution in [-0.4, -0.2) is 50.0 Å². The zero-order valence-electron chi connectivity index (χ0n) is 21.0. The van der Waals surface area contributed by atoms with E-state index in [0.717, 1.165) is 47.8 Å². The van der Waals surface area contributed by atoms with Gasteiger partial charge in [-0.3, -0.25) is 0 Å². The fourth-order valence-electron chi connectivity index (χ4n) is 6.46. The van der Waals surface area contributed by atoms with Crippen molar-refractivity contribution >= 4 is 0 Å². The summed E-state index contributed by atoms with van der Waals surface area (Å²) >= 11 is 0. The lowest BCUT2D eigenvalue weighted by Crippen LogP contribution is -2.43. The van der Waals surface area contributed by atoms with Gasteiger partial charge in [0.25, 0.3) is 0 Å². The number of rotatable bonds is 11. The average Bonchev–Trinajstić information content (AvgIpc) is 2.83. The topological polar surface area (TPSA) is 41.9 Å². The molecule has 2 saturated carbocycles. The quantitative estimate of drug-likeness (QED) is 0.447. The minimum Gasteiger partial charge on any atom is -0.497 e. The van der Waals surface area contributed by atoms with E-state index in [4.69, 9.17) is 9.47 Å². The summed E-state index contributed by atoms with van der Waals surface area (Å²) in [5, 5.41) is 10.7. The molecule has 0 heterocycles. The maximum Gasteiger partial charge on any atom is 0.122 e.